The summed E-state index contributed by atoms with van der Waals surface area (Å²) in [4.78, 5) is 72.8. The van der Waals surface area contributed by atoms with Crippen molar-refractivity contribution in [2.75, 3.05) is 52.7 Å². The Morgan fingerprint density at radius 1 is 0.500 bits per heavy atom. The van der Waals surface area contributed by atoms with E-state index in [0.717, 1.165) is 25.7 Å². The van der Waals surface area contributed by atoms with E-state index in [1.807, 2.05) is 0 Å². The lowest BCUT2D eigenvalue weighted by Crippen LogP contribution is -2.50. The number of ether oxygens (including phenoxy) is 6. The molecule has 0 spiro atoms. The molecule has 0 saturated heterocycles. The maximum absolute atomic E-state index is 12.5. The first-order valence-corrected chi connectivity index (χ1v) is 19.3. The smallest absolute Gasteiger partial charge is 0.407 e. The van der Waals surface area contributed by atoms with E-state index in [2.05, 4.69) is 76.0 Å². The minimum atomic E-state index is -0.597. The fourth-order valence-electron chi connectivity index (χ4n) is 8.15. The lowest BCUT2D eigenvalue weighted by molar-refractivity contribution is -0.140. The van der Waals surface area contributed by atoms with Crippen molar-refractivity contribution < 1.29 is 57.2 Å². The molecule has 0 aromatic rings. The van der Waals surface area contributed by atoms with E-state index in [-0.39, 0.29) is 84.5 Å². The minimum Gasteiger partial charge on any atom is -0.459 e. The molecule has 4 amide bonds. The van der Waals surface area contributed by atoms with Crippen molar-refractivity contribution in [3.8, 4) is 0 Å². The van der Waals surface area contributed by atoms with Gasteiger partial charge in [0.15, 0.2) is 0 Å². The Labute approximate surface area is 331 Å². The molecule has 0 aromatic carbocycles. The summed E-state index contributed by atoms with van der Waals surface area (Å²) in [5.41, 5.74) is -0.301. The molecular formula is C40H66N4O12. The lowest BCUT2D eigenvalue weighted by atomic mass is 9.62. The van der Waals surface area contributed by atoms with Crippen molar-refractivity contribution in [2.24, 2.45) is 21.7 Å². The number of carbonyl (C=O) groups is 6. The van der Waals surface area contributed by atoms with E-state index < -0.39 is 36.3 Å². The summed E-state index contributed by atoms with van der Waals surface area (Å²) in [5.74, 6) is -1.09. The zero-order chi connectivity index (χ0) is 42.2. The Kier molecular flexibility index (Phi) is 18.5. The molecule has 4 atom stereocenters. The van der Waals surface area contributed by atoms with Gasteiger partial charge < -0.3 is 49.7 Å². The van der Waals surface area contributed by atoms with Crippen LogP contribution in [0.1, 0.15) is 107 Å². The van der Waals surface area contributed by atoms with Crippen molar-refractivity contribution >= 4 is 36.3 Å². The van der Waals surface area contributed by atoms with Gasteiger partial charge in [0.2, 0.25) is 0 Å². The lowest BCUT2D eigenvalue weighted by Gasteiger charge is -2.46. The molecule has 2 aliphatic carbocycles. The van der Waals surface area contributed by atoms with Gasteiger partial charge in [0.05, 0.1) is 13.2 Å². The summed E-state index contributed by atoms with van der Waals surface area (Å²) in [6.07, 6.45) is 3.07. The number of hydrogen-bond donors (Lipinski definition) is 4. The average molecular weight is 795 g/mol. The third-order valence-corrected chi connectivity index (χ3v) is 9.65. The van der Waals surface area contributed by atoms with Crippen molar-refractivity contribution in [2.45, 2.75) is 119 Å². The highest BCUT2D eigenvalue weighted by molar-refractivity contribution is 5.87. The number of unbranched alkanes of at least 4 members (excludes halogenated alkanes) is 1. The van der Waals surface area contributed by atoms with Gasteiger partial charge in [-0.05, 0) is 86.9 Å². The molecular weight excluding hydrogens is 728 g/mol. The normalized spacial score (nSPS) is 23.6. The predicted molar refractivity (Wildman–Crippen MR) is 208 cm³/mol. The van der Waals surface area contributed by atoms with Gasteiger partial charge in [-0.2, -0.15) is 0 Å². The first-order valence-electron chi connectivity index (χ1n) is 19.3. The molecule has 0 aromatic heterocycles. The SMILES string of the molecule is C=C(C)C(=O)OCCOC(=O)NC1CC(C)(C)CC(C)(CNC(=O)OCCCCOC(=O)NCC2(C)CC(NC(=O)OCCOC(=O)C(=C)C)CC(C)(C)C2)C1. The van der Waals surface area contributed by atoms with Gasteiger partial charge in [-0.3, -0.25) is 0 Å². The Morgan fingerprint density at radius 2 is 0.821 bits per heavy atom. The minimum absolute atomic E-state index is 0.0652. The van der Waals surface area contributed by atoms with E-state index in [9.17, 15) is 28.8 Å². The molecule has 0 aliphatic heterocycles. The summed E-state index contributed by atoms with van der Waals surface area (Å²) in [6, 6.07) is -0.351. The van der Waals surface area contributed by atoms with Crippen molar-refractivity contribution in [1.29, 1.82) is 0 Å². The highest BCUT2D eigenvalue weighted by Crippen LogP contribution is 2.47. The van der Waals surface area contributed by atoms with E-state index in [0.29, 0.717) is 38.8 Å². The Balaban J connectivity index is 1.65. The van der Waals surface area contributed by atoms with Crippen LogP contribution in [0.2, 0.25) is 0 Å². The van der Waals surface area contributed by atoms with E-state index in [1.165, 1.54) is 13.8 Å². The van der Waals surface area contributed by atoms with E-state index >= 15 is 0 Å². The predicted octanol–water partition coefficient (Wildman–Crippen LogP) is 6.08. The molecule has 2 aliphatic rings. The summed E-state index contributed by atoms with van der Waals surface area (Å²) in [5, 5.41) is 11.5. The molecule has 2 saturated carbocycles. The maximum Gasteiger partial charge on any atom is 0.407 e. The number of hydrogen-bond acceptors (Lipinski definition) is 12. The third-order valence-electron chi connectivity index (χ3n) is 9.65. The molecule has 0 heterocycles. The van der Waals surface area contributed by atoms with Gasteiger partial charge in [-0.15, -0.1) is 0 Å². The van der Waals surface area contributed by atoms with Gasteiger partial charge in [-0.1, -0.05) is 54.7 Å². The molecule has 56 heavy (non-hydrogen) atoms. The third kappa shape index (κ3) is 18.9. The fraction of sp³-hybridized carbons (Fsp3) is 0.750. The van der Waals surface area contributed by atoms with E-state index in [1.54, 1.807) is 0 Å². The summed E-state index contributed by atoms with van der Waals surface area (Å²) in [7, 11) is 0. The van der Waals surface area contributed by atoms with Crippen LogP contribution in [0.15, 0.2) is 24.3 Å². The molecule has 4 unspecified atom stereocenters. The standard InChI is InChI=1S/C40H66N4O12/c1-27(2)31(45)51-15-17-55-35(49)43-29-19-37(5,6)23-39(9,21-29)25-41-33(47)53-13-11-12-14-54-34(48)42-26-40(10)22-30(20-38(7,8)24-40)44-36(50)56-18-16-52-32(46)28(3)4/h29-30H,1,3,11-26H2,2,4-10H3,(H,41,47)(H,42,48)(H,43,49)(H,44,50). The van der Waals surface area contributed by atoms with Gasteiger partial charge in [0.1, 0.15) is 26.4 Å². The molecule has 16 heteroatoms. The molecule has 2 rings (SSSR count). The second-order valence-electron chi connectivity index (χ2n) is 17.6. The van der Waals surface area contributed by atoms with Crippen molar-refractivity contribution in [3.05, 3.63) is 24.3 Å². The average Bonchev–Trinajstić information content (AvgIpc) is 3.06. The Morgan fingerprint density at radius 3 is 1.16 bits per heavy atom. The highest BCUT2D eigenvalue weighted by Gasteiger charge is 2.43. The second-order valence-corrected chi connectivity index (χ2v) is 17.6. The first kappa shape index (κ1) is 47.7. The number of amides is 4. The van der Waals surface area contributed by atoms with Gasteiger partial charge in [-0.25, -0.2) is 28.8 Å². The molecule has 16 nitrogen and oxygen atoms in total. The van der Waals surface area contributed by atoms with Crippen LogP contribution in [-0.4, -0.2) is 101 Å². The van der Waals surface area contributed by atoms with Gasteiger partial charge >= 0.3 is 36.3 Å². The maximum atomic E-state index is 12.5. The number of alkyl carbamates (subject to hydrolysis) is 4. The molecule has 0 bridgehead atoms. The molecule has 318 valence electrons. The molecule has 0 radical (unpaired) electrons. The molecule has 4 N–H and O–H groups in total. The number of rotatable bonds is 19. The fourth-order valence-corrected chi connectivity index (χ4v) is 8.15. The van der Waals surface area contributed by atoms with Crippen molar-refractivity contribution in [1.82, 2.24) is 21.3 Å². The van der Waals surface area contributed by atoms with Crippen LogP contribution in [0.5, 0.6) is 0 Å². The topological polar surface area (TPSA) is 206 Å². The van der Waals surface area contributed by atoms with Gasteiger partial charge in [0, 0.05) is 36.3 Å². The largest absolute Gasteiger partial charge is 0.459 e. The van der Waals surface area contributed by atoms with Crippen LogP contribution in [-0.2, 0) is 38.0 Å². The summed E-state index contributed by atoms with van der Waals surface area (Å²) < 4.78 is 31.0. The number of carbonyl (C=O) groups excluding carboxylic acids is 6. The van der Waals surface area contributed by atoms with Crippen LogP contribution in [0.3, 0.4) is 0 Å². The van der Waals surface area contributed by atoms with Crippen LogP contribution < -0.4 is 21.3 Å². The van der Waals surface area contributed by atoms with Crippen LogP contribution in [0.25, 0.3) is 0 Å². The summed E-state index contributed by atoms with van der Waals surface area (Å²) in [6.45, 7) is 23.4. The van der Waals surface area contributed by atoms with E-state index in [4.69, 9.17) is 28.4 Å². The number of esters is 2. The van der Waals surface area contributed by atoms with Crippen LogP contribution in [0.4, 0.5) is 19.2 Å². The monoisotopic (exact) mass is 794 g/mol. The number of nitrogens with one attached hydrogen (secondary N) is 4. The Bertz CT molecular complexity index is 1310. The quantitative estimate of drug-likeness (QED) is 0.0508. The van der Waals surface area contributed by atoms with Crippen LogP contribution >= 0.6 is 0 Å². The molecule has 2 fully saturated rings. The zero-order valence-corrected chi connectivity index (χ0v) is 34.8. The Hall–Kier alpha value is -4.50. The first-order chi connectivity index (χ1) is 26.0. The second kappa shape index (κ2) is 21.7. The van der Waals surface area contributed by atoms with Gasteiger partial charge in [0.25, 0.3) is 0 Å². The zero-order valence-electron chi connectivity index (χ0n) is 34.8. The van der Waals surface area contributed by atoms with Crippen molar-refractivity contribution in [3.63, 3.8) is 0 Å². The summed E-state index contributed by atoms with van der Waals surface area (Å²) >= 11 is 0. The highest BCUT2D eigenvalue weighted by atomic mass is 16.6. The van der Waals surface area contributed by atoms with Crippen LogP contribution in [0, 0.1) is 21.7 Å².